The predicted octanol–water partition coefficient (Wildman–Crippen LogP) is 1.24. The number of aromatic nitrogens is 2. The van der Waals surface area contributed by atoms with Crippen molar-refractivity contribution >= 4 is 10.0 Å². The zero-order valence-electron chi connectivity index (χ0n) is 13.8. The second-order valence-corrected chi connectivity index (χ2v) is 8.33. The van der Waals surface area contributed by atoms with Crippen LogP contribution >= 0.6 is 0 Å². The molecule has 2 aromatic rings. The fourth-order valence-corrected chi connectivity index (χ4v) is 4.41. The van der Waals surface area contributed by atoms with Gasteiger partial charge >= 0.3 is 0 Å². The fraction of sp³-hybridized carbons (Fsp3) is 0.438. The molecule has 0 aliphatic carbocycles. The van der Waals surface area contributed by atoms with E-state index in [0.29, 0.717) is 31.1 Å². The molecule has 0 radical (unpaired) electrons. The van der Waals surface area contributed by atoms with E-state index in [1.165, 1.54) is 21.4 Å². The van der Waals surface area contributed by atoms with E-state index in [9.17, 15) is 8.42 Å². The second kappa shape index (κ2) is 6.19. The maximum Gasteiger partial charge on any atom is 0.246 e. The maximum absolute atomic E-state index is 12.8. The van der Waals surface area contributed by atoms with Gasteiger partial charge in [-0.25, -0.2) is 13.1 Å². The Morgan fingerprint density at radius 2 is 2.12 bits per heavy atom. The van der Waals surface area contributed by atoms with Crippen LogP contribution < -0.4 is 10.5 Å². The lowest BCUT2D eigenvalue weighted by Crippen LogP contribution is -2.34. The Bertz CT molecular complexity index is 833. The second-order valence-electron chi connectivity index (χ2n) is 6.40. The number of methoxy groups -OCH3 is 1. The number of hydrogen-bond donors (Lipinski definition) is 1. The summed E-state index contributed by atoms with van der Waals surface area (Å²) in [6.45, 7) is 3.40. The van der Waals surface area contributed by atoms with Crippen molar-refractivity contribution in [1.82, 2.24) is 14.1 Å². The van der Waals surface area contributed by atoms with Gasteiger partial charge in [0.1, 0.15) is 16.3 Å². The molecule has 1 aliphatic heterocycles. The number of para-hydroxylation sites is 2. The molecule has 8 heteroatoms. The molecule has 0 amide bonds. The Morgan fingerprint density at radius 3 is 2.79 bits per heavy atom. The average molecular weight is 350 g/mol. The SMILES string of the molecule is COc1ccccc1-n1cc(S(=O)(=O)N2CCC(C)(CN)C2)cn1. The van der Waals surface area contributed by atoms with Crippen molar-refractivity contribution in [2.75, 3.05) is 26.7 Å². The maximum atomic E-state index is 12.8. The lowest BCUT2D eigenvalue weighted by Gasteiger charge is -2.21. The van der Waals surface area contributed by atoms with Gasteiger partial charge in [0.15, 0.2) is 0 Å². The first-order valence-electron chi connectivity index (χ1n) is 7.78. The van der Waals surface area contributed by atoms with Crippen molar-refractivity contribution < 1.29 is 13.2 Å². The van der Waals surface area contributed by atoms with Crippen LogP contribution in [0.2, 0.25) is 0 Å². The number of nitrogens with zero attached hydrogens (tertiary/aromatic N) is 3. The first kappa shape index (κ1) is 16.9. The van der Waals surface area contributed by atoms with Crippen LogP contribution in [0.25, 0.3) is 5.69 Å². The van der Waals surface area contributed by atoms with E-state index in [1.807, 2.05) is 25.1 Å². The number of sulfonamides is 1. The molecule has 1 aliphatic rings. The Kier molecular flexibility index (Phi) is 4.37. The van der Waals surface area contributed by atoms with Crippen molar-refractivity contribution in [2.45, 2.75) is 18.2 Å². The standard InChI is InChI=1S/C16H22N4O3S/c1-16(11-17)7-8-19(12-16)24(21,22)13-9-18-20(10-13)14-5-3-4-6-15(14)23-2/h3-6,9-10H,7-8,11-12,17H2,1-2H3. The summed E-state index contributed by atoms with van der Waals surface area (Å²) in [4.78, 5) is 0.176. The number of ether oxygens (including phenoxy) is 1. The van der Waals surface area contributed by atoms with Crippen molar-refractivity contribution in [2.24, 2.45) is 11.1 Å². The first-order chi connectivity index (χ1) is 11.4. The number of hydrogen-bond acceptors (Lipinski definition) is 5. The zero-order chi connectivity index (χ0) is 17.4. The molecule has 130 valence electrons. The van der Waals surface area contributed by atoms with E-state index < -0.39 is 10.0 Å². The summed E-state index contributed by atoms with van der Waals surface area (Å²) in [7, 11) is -2.01. The highest BCUT2D eigenvalue weighted by Gasteiger charge is 2.39. The number of benzene rings is 1. The molecule has 1 aromatic carbocycles. The molecular weight excluding hydrogens is 328 g/mol. The first-order valence-corrected chi connectivity index (χ1v) is 9.22. The van der Waals surface area contributed by atoms with E-state index in [1.54, 1.807) is 13.2 Å². The monoisotopic (exact) mass is 350 g/mol. The normalized spacial score (nSPS) is 22.0. The third-order valence-corrected chi connectivity index (χ3v) is 6.34. The van der Waals surface area contributed by atoms with Crippen LogP contribution in [0.4, 0.5) is 0 Å². The van der Waals surface area contributed by atoms with Crippen LogP contribution in [0.1, 0.15) is 13.3 Å². The molecule has 2 heterocycles. The minimum atomic E-state index is -3.57. The van der Waals surface area contributed by atoms with Gasteiger partial charge in [-0.05, 0) is 30.5 Å². The predicted molar refractivity (Wildman–Crippen MR) is 90.7 cm³/mol. The molecule has 1 unspecified atom stereocenters. The molecular formula is C16H22N4O3S. The van der Waals surface area contributed by atoms with Gasteiger partial charge in [0, 0.05) is 13.1 Å². The summed E-state index contributed by atoms with van der Waals surface area (Å²) in [5.41, 5.74) is 6.30. The van der Waals surface area contributed by atoms with Gasteiger partial charge in [0.2, 0.25) is 10.0 Å². The van der Waals surface area contributed by atoms with Crippen molar-refractivity contribution in [1.29, 1.82) is 0 Å². The van der Waals surface area contributed by atoms with Gasteiger partial charge in [-0.2, -0.15) is 9.40 Å². The lowest BCUT2D eigenvalue weighted by atomic mass is 9.90. The van der Waals surface area contributed by atoms with Crippen LogP contribution in [0.15, 0.2) is 41.6 Å². The summed E-state index contributed by atoms with van der Waals surface area (Å²) in [6.07, 6.45) is 3.66. The minimum absolute atomic E-state index is 0.161. The van der Waals surface area contributed by atoms with Crippen molar-refractivity contribution in [3.8, 4) is 11.4 Å². The third kappa shape index (κ3) is 2.92. The van der Waals surface area contributed by atoms with Crippen molar-refractivity contribution in [3.05, 3.63) is 36.7 Å². The third-order valence-electron chi connectivity index (χ3n) is 4.54. The Labute approximate surface area is 142 Å². The van der Waals surface area contributed by atoms with Gasteiger partial charge in [-0.15, -0.1) is 0 Å². The Hall–Kier alpha value is -1.90. The highest BCUT2D eigenvalue weighted by molar-refractivity contribution is 7.89. The van der Waals surface area contributed by atoms with E-state index in [4.69, 9.17) is 10.5 Å². The van der Waals surface area contributed by atoms with Gasteiger partial charge in [-0.1, -0.05) is 19.1 Å². The fourth-order valence-electron chi connectivity index (χ4n) is 2.89. The lowest BCUT2D eigenvalue weighted by molar-refractivity contribution is 0.349. The Morgan fingerprint density at radius 1 is 1.38 bits per heavy atom. The largest absolute Gasteiger partial charge is 0.494 e. The molecule has 2 N–H and O–H groups in total. The molecule has 0 spiro atoms. The van der Waals surface area contributed by atoms with Gasteiger partial charge in [0.25, 0.3) is 0 Å². The molecule has 3 rings (SSSR count). The Balaban J connectivity index is 1.90. The minimum Gasteiger partial charge on any atom is -0.494 e. The average Bonchev–Trinajstić information content (AvgIpc) is 3.23. The van der Waals surface area contributed by atoms with Crippen LogP contribution in [0.5, 0.6) is 5.75 Å². The van der Waals surface area contributed by atoms with Crippen LogP contribution in [-0.2, 0) is 10.0 Å². The molecule has 7 nitrogen and oxygen atoms in total. The van der Waals surface area contributed by atoms with E-state index in [2.05, 4.69) is 5.10 Å². The topological polar surface area (TPSA) is 90.5 Å². The molecule has 1 aromatic heterocycles. The van der Waals surface area contributed by atoms with E-state index in [-0.39, 0.29) is 10.3 Å². The van der Waals surface area contributed by atoms with Crippen molar-refractivity contribution in [3.63, 3.8) is 0 Å². The smallest absolute Gasteiger partial charge is 0.246 e. The molecule has 1 saturated heterocycles. The summed E-state index contributed by atoms with van der Waals surface area (Å²) < 4.78 is 34.0. The summed E-state index contributed by atoms with van der Waals surface area (Å²) in [6, 6.07) is 7.32. The summed E-state index contributed by atoms with van der Waals surface area (Å²) >= 11 is 0. The van der Waals surface area contributed by atoms with Crippen LogP contribution in [0.3, 0.4) is 0 Å². The van der Waals surface area contributed by atoms with Gasteiger partial charge in [0.05, 0.1) is 19.5 Å². The zero-order valence-corrected chi connectivity index (χ0v) is 14.7. The van der Waals surface area contributed by atoms with Gasteiger partial charge in [-0.3, -0.25) is 0 Å². The number of rotatable bonds is 5. The molecule has 1 fully saturated rings. The van der Waals surface area contributed by atoms with E-state index in [0.717, 1.165) is 6.42 Å². The highest BCUT2D eigenvalue weighted by atomic mass is 32.2. The molecule has 0 bridgehead atoms. The molecule has 0 saturated carbocycles. The summed E-state index contributed by atoms with van der Waals surface area (Å²) in [5, 5.41) is 4.20. The van der Waals surface area contributed by atoms with Crippen LogP contribution in [-0.4, -0.2) is 49.2 Å². The number of nitrogens with two attached hydrogens (primary N) is 1. The molecule has 1 atom stereocenters. The molecule has 24 heavy (non-hydrogen) atoms. The quantitative estimate of drug-likeness (QED) is 0.876. The van der Waals surface area contributed by atoms with E-state index >= 15 is 0 Å². The summed E-state index contributed by atoms with van der Waals surface area (Å²) in [5.74, 6) is 0.626. The van der Waals surface area contributed by atoms with Crippen LogP contribution in [0, 0.1) is 5.41 Å². The highest BCUT2D eigenvalue weighted by Crippen LogP contribution is 2.32. The van der Waals surface area contributed by atoms with Gasteiger partial charge < -0.3 is 10.5 Å².